The Balaban J connectivity index is 1.88. The minimum absolute atomic E-state index is 0.266. The Hall–Kier alpha value is -0.930. The lowest BCUT2D eigenvalue weighted by atomic mass is 10.0. The third kappa shape index (κ3) is 2.89. The van der Waals surface area contributed by atoms with E-state index in [0.717, 1.165) is 16.2 Å². The van der Waals surface area contributed by atoms with E-state index in [4.69, 9.17) is 8.22 Å². The molecule has 3 heteroatoms. The number of likely N-dealkylation sites (N-methyl/N-ethyl adjacent to an activating group) is 1. The van der Waals surface area contributed by atoms with Crippen molar-refractivity contribution in [3.63, 3.8) is 0 Å². The summed E-state index contributed by atoms with van der Waals surface area (Å²) in [6.07, 6.45) is 4.45. The number of rotatable bonds is 5. The summed E-state index contributed by atoms with van der Waals surface area (Å²) in [6, 6.07) is 8.26. The molecule has 1 heterocycles. The molecule has 3 rings (SSSR count). The van der Waals surface area contributed by atoms with Crippen LogP contribution < -0.4 is 0 Å². The van der Waals surface area contributed by atoms with E-state index in [0.29, 0.717) is 4.90 Å². The molecule has 0 atom stereocenters. The first-order chi connectivity index (χ1) is 11.9. The van der Waals surface area contributed by atoms with Gasteiger partial charge in [0.2, 0.25) is 0 Å². The van der Waals surface area contributed by atoms with Crippen LogP contribution in [0, 0.1) is 0 Å². The molecule has 2 aromatic rings. The molecule has 0 saturated heterocycles. The van der Waals surface area contributed by atoms with E-state index in [-0.39, 0.29) is 6.54 Å². The summed E-state index contributed by atoms with van der Waals surface area (Å²) in [6.45, 7) is -1.82. The van der Waals surface area contributed by atoms with E-state index in [2.05, 4.69) is 12.1 Å². The van der Waals surface area contributed by atoms with Crippen molar-refractivity contribution in [2.45, 2.75) is 48.9 Å². The van der Waals surface area contributed by atoms with Gasteiger partial charge in [0.25, 0.3) is 0 Å². The average molecular weight is 294 g/mol. The van der Waals surface area contributed by atoms with Crippen LogP contribution in [0.1, 0.15) is 34.9 Å². The van der Waals surface area contributed by atoms with Gasteiger partial charge in [-0.1, -0.05) is 0 Å². The minimum Gasteiger partial charge on any atom is -0.346 e. The predicted octanol–water partition coefficient (Wildman–Crippen LogP) is 4.24. The molecule has 0 bridgehead atoms. The Labute approximate surface area is 134 Å². The third-order valence-corrected chi connectivity index (χ3v) is 5.06. The van der Waals surface area contributed by atoms with Crippen molar-refractivity contribution in [2.75, 3.05) is 14.0 Å². The fraction of sp³-hybridized carbons (Fsp3) is 0.529. The summed E-state index contributed by atoms with van der Waals surface area (Å²) < 4.78 is 48.0. The molecular weight excluding hydrogens is 264 g/mol. The van der Waals surface area contributed by atoms with Gasteiger partial charge in [0.15, 0.2) is 0 Å². The lowest BCUT2D eigenvalue weighted by Crippen LogP contribution is -2.41. The second-order valence-electron chi connectivity index (χ2n) is 6.13. The van der Waals surface area contributed by atoms with Crippen molar-refractivity contribution in [3.8, 4) is 0 Å². The third-order valence-electron chi connectivity index (χ3n) is 3.73. The monoisotopic (exact) mass is 294 g/mol. The van der Waals surface area contributed by atoms with Crippen LogP contribution in [-0.4, -0.2) is 34.2 Å². The summed E-state index contributed by atoms with van der Waals surface area (Å²) in [4.78, 5) is 1.90. The van der Waals surface area contributed by atoms with Gasteiger partial charge in [0, 0.05) is 47.6 Å². The molecule has 108 valence electrons. The summed E-state index contributed by atoms with van der Waals surface area (Å²) in [7, 11) is 0. The minimum atomic E-state index is -2.70. The van der Waals surface area contributed by atoms with E-state index in [1.165, 1.54) is 17.7 Å². The second-order valence-corrected chi connectivity index (χ2v) is 7.50. The maximum Gasteiger partial charge on any atom is 0.0481 e. The molecule has 1 aliphatic rings. The first-order valence-corrected chi connectivity index (χ1v) is 7.82. The molecular formula is C17H24N2S. The Morgan fingerprint density at radius 3 is 2.85 bits per heavy atom. The highest BCUT2D eigenvalue weighted by Gasteiger charge is 2.23. The molecule has 0 aliphatic heterocycles. The van der Waals surface area contributed by atoms with Gasteiger partial charge in [-0.3, -0.25) is 0 Å². The van der Waals surface area contributed by atoms with Crippen LogP contribution >= 0.6 is 11.8 Å². The molecule has 2 nitrogen and oxygen atoms in total. The van der Waals surface area contributed by atoms with Crippen LogP contribution in [-0.2, 0) is 6.54 Å². The van der Waals surface area contributed by atoms with Gasteiger partial charge in [0.05, 0.1) is 0 Å². The van der Waals surface area contributed by atoms with Gasteiger partial charge in [-0.2, -0.15) is 0 Å². The summed E-state index contributed by atoms with van der Waals surface area (Å²) in [5.74, 6) is 0. The SMILES string of the molecule is [2H]C([2H])([2H])N(C([2H])([2H])[2H])C(C)(C)Cn1ccc2cc(SC3CC3)ccc21. The van der Waals surface area contributed by atoms with Crippen LogP contribution in [0.3, 0.4) is 0 Å². The number of nitrogens with zero attached hydrogens (tertiary/aromatic N) is 2. The second kappa shape index (κ2) is 5.12. The predicted molar refractivity (Wildman–Crippen MR) is 88.6 cm³/mol. The average Bonchev–Trinajstić information content (AvgIpc) is 3.16. The Kier molecular flexibility index (Phi) is 2.18. The Morgan fingerprint density at radius 2 is 2.15 bits per heavy atom. The highest BCUT2D eigenvalue weighted by atomic mass is 32.2. The standard InChI is InChI=1S/C17H24N2S/c1-17(2,18(3)4)12-19-10-9-13-11-15(7-8-16(13)19)20-14-5-6-14/h7-11,14H,5-6,12H2,1-4H3/i3D3,4D3. The van der Waals surface area contributed by atoms with E-state index in [9.17, 15) is 0 Å². The molecule has 0 unspecified atom stereocenters. The van der Waals surface area contributed by atoms with Crippen molar-refractivity contribution in [1.82, 2.24) is 9.47 Å². The number of fused-ring (bicyclic) bond motifs is 1. The molecule has 1 aromatic heterocycles. The van der Waals surface area contributed by atoms with Crippen molar-refractivity contribution >= 4 is 22.7 Å². The number of hydrogen-bond acceptors (Lipinski definition) is 2. The van der Waals surface area contributed by atoms with Crippen molar-refractivity contribution in [2.24, 2.45) is 0 Å². The number of thioether (sulfide) groups is 1. The van der Waals surface area contributed by atoms with Gasteiger partial charge in [-0.05, 0) is 64.9 Å². The summed E-state index contributed by atoms with van der Waals surface area (Å²) in [5, 5.41) is 1.82. The van der Waals surface area contributed by atoms with E-state index in [1.807, 2.05) is 34.7 Å². The van der Waals surface area contributed by atoms with Crippen LogP contribution in [0.2, 0.25) is 0 Å². The van der Waals surface area contributed by atoms with E-state index < -0.39 is 19.5 Å². The summed E-state index contributed by atoms with van der Waals surface area (Å²) in [5.41, 5.74) is -0.0987. The molecule has 0 amide bonds. The van der Waals surface area contributed by atoms with E-state index in [1.54, 1.807) is 13.8 Å². The first kappa shape index (κ1) is 8.50. The first-order valence-electron chi connectivity index (χ1n) is 9.94. The van der Waals surface area contributed by atoms with Crippen molar-refractivity contribution < 1.29 is 8.22 Å². The van der Waals surface area contributed by atoms with Gasteiger partial charge in [-0.15, -0.1) is 11.8 Å². The maximum absolute atomic E-state index is 7.68. The van der Waals surface area contributed by atoms with Gasteiger partial charge >= 0.3 is 0 Å². The maximum atomic E-state index is 7.68. The normalized spacial score (nSPS) is 21.9. The van der Waals surface area contributed by atoms with Crippen LogP contribution in [0.25, 0.3) is 10.9 Å². The van der Waals surface area contributed by atoms with Crippen molar-refractivity contribution in [3.05, 3.63) is 30.5 Å². The lowest BCUT2D eigenvalue weighted by molar-refractivity contribution is 0.171. The highest BCUT2D eigenvalue weighted by molar-refractivity contribution is 8.00. The van der Waals surface area contributed by atoms with Crippen LogP contribution in [0.15, 0.2) is 35.4 Å². The largest absolute Gasteiger partial charge is 0.346 e. The van der Waals surface area contributed by atoms with Gasteiger partial charge < -0.3 is 9.47 Å². The molecule has 1 saturated carbocycles. The van der Waals surface area contributed by atoms with Crippen molar-refractivity contribution in [1.29, 1.82) is 0 Å². The molecule has 1 aromatic carbocycles. The van der Waals surface area contributed by atoms with E-state index >= 15 is 0 Å². The smallest absolute Gasteiger partial charge is 0.0481 e. The summed E-state index contributed by atoms with van der Waals surface area (Å²) >= 11 is 1.89. The number of benzene rings is 1. The molecule has 0 spiro atoms. The fourth-order valence-corrected chi connectivity index (χ4v) is 3.35. The topological polar surface area (TPSA) is 8.17 Å². The Bertz CT molecular complexity index is 775. The number of hydrogen-bond donors (Lipinski definition) is 0. The zero-order valence-corrected chi connectivity index (χ0v) is 12.7. The molecule has 0 radical (unpaired) electrons. The van der Waals surface area contributed by atoms with Crippen LogP contribution in [0.5, 0.6) is 0 Å². The highest BCUT2D eigenvalue weighted by Crippen LogP contribution is 2.40. The van der Waals surface area contributed by atoms with Crippen LogP contribution in [0.4, 0.5) is 0 Å². The van der Waals surface area contributed by atoms with Gasteiger partial charge in [-0.25, -0.2) is 0 Å². The zero-order valence-electron chi connectivity index (χ0n) is 17.9. The molecule has 20 heavy (non-hydrogen) atoms. The number of aromatic nitrogens is 1. The molecule has 1 aliphatic carbocycles. The quantitative estimate of drug-likeness (QED) is 0.815. The zero-order chi connectivity index (χ0) is 19.3. The Morgan fingerprint density at radius 1 is 1.35 bits per heavy atom. The fourth-order valence-electron chi connectivity index (χ4n) is 2.26. The van der Waals surface area contributed by atoms with Gasteiger partial charge in [0.1, 0.15) is 0 Å². The lowest BCUT2D eigenvalue weighted by Gasteiger charge is -2.33. The molecule has 1 fully saturated rings. The molecule has 0 N–H and O–H groups in total.